The summed E-state index contributed by atoms with van der Waals surface area (Å²) in [4.78, 5) is 11.4. The van der Waals surface area contributed by atoms with Crippen molar-refractivity contribution >= 4 is 5.97 Å². The highest BCUT2D eigenvalue weighted by molar-refractivity contribution is 5.68. The summed E-state index contributed by atoms with van der Waals surface area (Å²) >= 11 is 0. The molecule has 1 N–H and O–H groups in total. The average Bonchev–Trinajstić information content (AvgIpc) is 2.57. The predicted molar refractivity (Wildman–Crippen MR) is 104 cm³/mol. The lowest BCUT2D eigenvalue weighted by molar-refractivity contribution is -0.143. The Morgan fingerprint density at radius 3 is 2.04 bits per heavy atom. The lowest BCUT2D eigenvalue weighted by atomic mass is 9.84. The van der Waals surface area contributed by atoms with Gasteiger partial charge in [-0.1, -0.05) is 66.5 Å². The highest BCUT2D eigenvalue weighted by atomic mass is 16.5. The number of phenolic OH excluding ortho intramolecular Hbond substituents is 1. The van der Waals surface area contributed by atoms with Gasteiger partial charge in [0.15, 0.2) is 0 Å². The summed E-state index contributed by atoms with van der Waals surface area (Å²) in [7, 11) is 0. The fourth-order valence-electron chi connectivity index (χ4n) is 3.17. The smallest absolute Gasteiger partial charge is 0.305 e. The first-order chi connectivity index (χ1) is 11.8. The van der Waals surface area contributed by atoms with Crippen molar-refractivity contribution < 1.29 is 14.6 Å². The topological polar surface area (TPSA) is 46.5 Å². The van der Waals surface area contributed by atoms with Crippen molar-refractivity contribution in [2.75, 3.05) is 6.61 Å². The fraction of sp³-hybridized carbons (Fsp3) is 0.682. The molecule has 0 aliphatic heterocycles. The Morgan fingerprint density at radius 2 is 1.60 bits per heavy atom. The maximum Gasteiger partial charge on any atom is 0.305 e. The monoisotopic (exact) mass is 348 g/mol. The van der Waals surface area contributed by atoms with E-state index in [4.69, 9.17) is 4.74 Å². The van der Waals surface area contributed by atoms with Gasteiger partial charge in [0.05, 0.1) is 6.61 Å². The molecule has 3 nitrogen and oxygen atoms in total. The van der Waals surface area contributed by atoms with Gasteiger partial charge in [0.2, 0.25) is 0 Å². The van der Waals surface area contributed by atoms with Crippen LogP contribution < -0.4 is 0 Å². The number of carbonyl (C=O) groups excluding carboxylic acids is 1. The molecule has 3 heteroatoms. The van der Waals surface area contributed by atoms with Gasteiger partial charge in [-0.15, -0.1) is 0 Å². The lowest BCUT2D eigenvalue weighted by Gasteiger charge is -2.23. The van der Waals surface area contributed by atoms with Gasteiger partial charge in [0, 0.05) is 6.42 Å². The van der Waals surface area contributed by atoms with Crippen LogP contribution in [-0.4, -0.2) is 17.7 Å². The maximum absolute atomic E-state index is 11.4. The van der Waals surface area contributed by atoms with Crippen LogP contribution in [0.4, 0.5) is 0 Å². The third-order valence-electron chi connectivity index (χ3n) is 4.83. The number of rotatable bonds is 10. The van der Waals surface area contributed by atoms with Crippen molar-refractivity contribution in [3.05, 3.63) is 28.8 Å². The molecule has 0 aliphatic rings. The number of hydrogen-bond acceptors (Lipinski definition) is 3. The van der Waals surface area contributed by atoms with E-state index in [1.807, 2.05) is 6.92 Å². The zero-order chi connectivity index (χ0) is 19.0. The standard InChI is InChI=1S/C22H36O3/c1-7-9-10-17(11-12-25-21(23)8-2)18-13-19(15(3)4)22(24)20(14-18)16(5)6/h13-17,24H,7-12H2,1-6H3. The van der Waals surface area contributed by atoms with Crippen molar-refractivity contribution in [1.82, 2.24) is 0 Å². The largest absolute Gasteiger partial charge is 0.507 e. The molecule has 0 aromatic heterocycles. The Morgan fingerprint density at radius 1 is 1.04 bits per heavy atom. The van der Waals surface area contributed by atoms with Crippen LogP contribution in [0.25, 0.3) is 0 Å². The quantitative estimate of drug-likeness (QED) is 0.508. The van der Waals surface area contributed by atoms with Crippen LogP contribution in [0.15, 0.2) is 12.1 Å². The highest BCUT2D eigenvalue weighted by Gasteiger charge is 2.20. The van der Waals surface area contributed by atoms with E-state index >= 15 is 0 Å². The Hall–Kier alpha value is -1.51. The third kappa shape index (κ3) is 6.37. The number of esters is 1. The van der Waals surface area contributed by atoms with E-state index in [0.29, 0.717) is 24.7 Å². The third-order valence-corrected chi connectivity index (χ3v) is 4.83. The number of hydrogen-bond donors (Lipinski definition) is 1. The van der Waals surface area contributed by atoms with E-state index in [1.165, 1.54) is 5.56 Å². The summed E-state index contributed by atoms with van der Waals surface area (Å²) in [5.41, 5.74) is 3.31. The Balaban J connectivity index is 3.12. The van der Waals surface area contributed by atoms with Gasteiger partial charge in [-0.25, -0.2) is 0 Å². The van der Waals surface area contributed by atoms with Crippen molar-refractivity contribution in [3.8, 4) is 5.75 Å². The normalized spacial score (nSPS) is 12.6. The number of unbranched alkanes of at least 4 members (excludes halogenated alkanes) is 1. The first-order valence-electron chi connectivity index (χ1n) is 9.83. The molecule has 1 aromatic rings. The zero-order valence-corrected chi connectivity index (χ0v) is 16.9. The second-order valence-electron chi connectivity index (χ2n) is 7.56. The summed E-state index contributed by atoms with van der Waals surface area (Å²) in [5.74, 6) is 1.23. The Kier molecular flexibility index (Phi) is 9.02. The molecule has 0 aliphatic carbocycles. The number of benzene rings is 1. The van der Waals surface area contributed by atoms with Gasteiger partial charge >= 0.3 is 5.97 Å². The first kappa shape index (κ1) is 21.5. The molecule has 1 unspecified atom stereocenters. The van der Waals surface area contributed by atoms with Crippen LogP contribution in [0.3, 0.4) is 0 Å². The van der Waals surface area contributed by atoms with E-state index in [9.17, 15) is 9.90 Å². The van der Waals surface area contributed by atoms with Gasteiger partial charge in [-0.3, -0.25) is 4.79 Å². The lowest BCUT2D eigenvalue weighted by Crippen LogP contribution is -2.10. The highest BCUT2D eigenvalue weighted by Crippen LogP contribution is 2.38. The van der Waals surface area contributed by atoms with Gasteiger partial charge in [-0.05, 0) is 47.3 Å². The summed E-state index contributed by atoms with van der Waals surface area (Å²) in [6, 6.07) is 4.32. The number of aromatic hydroxyl groups is 1. The van der Waals surface area contributed by atoms with Gasteiger partial charge in [0.25, 0.3) is 0 Å². The summed E-state index contributed by atoms with van der Waals surface area (Å²) < 4.78 is 5.31. The van der Waals surface area contributed by atoms with Crippen LogP contribution in [0.2, 0.25) is 0 Å². The molecular weight excluding hydrogens is 312 g/mol. The van der Waals surface area contributed by atoms with E-state index in [1.54, 1.807) is 0 Å². The van der Waals surface area contributed by atoms with Crippen LogP contribution >= 0.6 is 0 Å². The van der Waals surface area contributed by atoms with Crippen LogP contribution in [0.1, 0.15) is 108 Å². The molecule has 0 amide bonds. The number of ether oxygens (including phenoxy) is 1. The molecule has 1 aromatic carbocycles. The molecule has 142 valence electrons. The van der Waals surface area contributed by atoms with Crippen molar-refractivity contribution in [1.29, 1.82) is 0 Å². The minimum absolute atomic E-state index is 0.134. The molecule has 0 spiro atoms. The summed E-state index contributed by atoms with van der Waals surface area (Å²) in [6.07, 6.45) is 4.65. The maximum atomic E-state index is 11.4. The second kappa shape index (κ2) is 10.5. The molecule has 1 rings (SSSR count). The molecule has 0 saturated heterocycles. The van der Waals surface area contributed by atoms with Crippen molar-refractivity contribution in [2.45, 2.75) is 91.4 Å². The van der Waals surface area contributed by atoms with Gasteiger partial charge in [0.1, 0.15) is 5.75 Å². The molecule has 1 atom stereocenters. The number of phenols is 1. The average molecular weight is 349 g/mol. The zero-order valence-electron chi connectivity index (χ0n) is 16.9. The van der Waals surface area contributed by atoms with Crippen LogP contribution in [-0.2, 0) is 9.53 Å². The number of carbonyl (C=O) groups is 1. The first-order valence-corrected chi connectivity index (χ1v) is 9.83. The van der Waals surface area contributed by atoms with Crippen molar-refractivity contribution in [2.24, 2.45) is 0 Å². The molecule has 0 fully saturated rings. The van der Waals surface area contributed by atoms with Crippen LogP contribution in [0, 0.1) is 0 Å². The fourth-order valence-corrected chi connectivity index (χ4v) is 3.17. The van der Waals surface area contributed by atoms with Crippen LogP contribution in [0.5, 0.6) is 5.75 Å². The molecule has 0 saturated carbocycles. The summed E-state index contributed by atoms with van der Waals surface area (Å²) in [5, 5.41) is 10.6. The van der Waals surface area contributed by atoms with E-state index in [2.05, 4.69) is 46.8 Å². The van der Waals surface area contributed by atoms with Gasteiger partial charge < -0.3 is 9.84 Å². The molecule has 0 heterocycles. The SMILES string of the molecule is CCCCC(CCOC(=O)CC)c1cc(C(C)C)c(O)c(C(C)C)c1. The summed E-state index contributed by atoms with van der Waals surface area (Å²) in [6.45, 7) is 13.0. The minimum Gasteiger partial charge on any atom is -0.507 e. The minimum atomic E-state index is -0.134. The van der Waals surface area contributed by atoms with Crippen molar-refractivity contribution in [3.63, 3.8) is 0 Å². The van der Waals surface area contributed by atoms with Gasteiger partial charge in [-0.2, -0.15) is 0 Å². The molecule has 25 heavy (non-hydrogen) atoms. The molecule has 0 bridgehead atoms. The molecular formula is C22H36O3. The Labute approximate surface area is 153 Å². The predicted octanol–water partition coefficient (Wildman–Crippen LogP) is 6.26. The molecule has 0 radical (unpaired) electrons. The second-order valence-corrected chi connectivity index (χ2v) is 7.56. The van der Waals surface area contributed by atoms with E-state index in [-0.39, 0.29) is 17.8 Å². The van der Waals surface area contributed by atoms with E-state index < -0.39 is 0 Å². The van der Waals surface area contributed by atoms with E-state index in [0.717, 1.165) is 36.8 Å². The Bertz CT molecular complexity index is 517.